The van der Waals surface area contributed by atoms with Gasteiger partial charge < -0.3 is 5.73 Å². The van der Waals surface area contributed by atoms with Gasteiger partial charge in [-0.1, -0.05) is 20.8 Å². The molecule has 0 fully saturated rings. The Morgan fingerprint density at radius 2 is 2.06 bits per heavy atom. The molecule has 2 aromatic rings. The van der Waals surface area contributed by atoms with Gasteiger partial charge in [0.2, 0.25) is 0 Å². The smallest absolute Gasteiger partial charge is 0.164 e. The third-order valence-corrected chi connectivity index (χ3v) is 2.99. The second-order valence-corrected chi connectivity index (χ2v) is 4.54. The molecule has 0 aromatic carbocycles. The Bertz CT molecular complexity index is 519. The SMILES string of the molecule is CCC(C)(C)c1nc(N)c2cccnc2n1. The van der Waals surface area contributed by atoms with E-state index >= 15 is 0 Å². The second-order valence-electron chi connectivity index (χ2n) is 4.54. The number of hydrogen-bond donors (Lipinski definition) is 1. The Balaban J connectivity index is 2.67. The summed E-state index contributed by atoms with van der Waals surface area (Å²) in [6.45, 7) is 6.33. The lowest BCUT2D eigenvalue weighted by molar-refractivity contribution is 0.475. The monoisotopic (exact) mass is 216 g/mol. The van der Waals surface area contributed by atoms with Gasteiger partial charge in [0.1, 0.15) is 11.6 Å². The third kappa shape index (κ3) is 1.71. The van der Waals surface area contributed by atoms with Gasteiger partial charge in [-0.25, -0.2) is 15.0 Å². The van der Waals surface area contributed by atoms with Crippen LogP contribution in [-0.2, 0) is 5.41 Å². The van der Waals surface area contributed by atoms with Crippen molar-refractivity contribution in [3.05, 3.63) is 24.2 Å². The van der Waals surface area contributed by atoms with Crippen molar-refractivity contribution in [2.75, 3.05) is 5.73 Å². The number of nitrogen functional groups attached to an aromatic ring is 1. The summed E-state index contributed by atoms with van der Waals surface area (Å²) in [5.74, 6) is 1.27. The summed E-state index contributed by atoms with van der Waals surface area (Å²) in [7, 11) is 0. The molecule has 0 bridgehead atoms. The lowest BCUT2D eigenvalue weighted by atomic mass is 9.89. The first kappa shape index (κ1) is 10.8. The van der Waals surface area contributed by atoms with Crippen LogP contribution in [0.15, 0.2) is 18.3 Å². The quantitative estimate of drug-likeness (QED) is 0.836. The zero-order valence-electron chi connectivity index (χ0n) is 9.86. The molecule has 0 spiro atoms. The van der Waals surface area contributed by atoms with E-state index in [2.05, 4.69) is 35.7 Å². The molecular formula is C12H16N4. The van der Waals surface area contributed by atoms with E-state index in [4.69, 9.17) is 5.73 Å². The molecule has 0 atom stereocenters. The van der Waals surface area contributed by atoms with Gasteiger partial charge in [0.25, 0.3) is 0 Å². The van der Waals surface area contributed by atoms with Crippen molar-refractivity contribution in [2.24, 2.45) is 0 Å². The highest BCUT2D eigenvalue weighted by atomic mass is 15.0. The van der Waals surface area contributed by atoms with Crippen LogP contribution in [0.1, 0.15) is 33.0 Å². The van der Waals surface area contributed by atoms with Crippen molar-refractivity contribution >= 4 is 16.9 Å². The van der Waals surface area contributed by atoms with Crippen molar-refractivity contribution < 1.29 is 0 Å². The number of pyridine rings is 1. The summed E-state index contributed by atoms with van der Waals surface area (Å²) in [6, 6.07) is 3.73. The maximum atomic E-state index is 5.92. The highest BCUT2D eigenvalue weighted by molar-refractivity contribution is 5.84. The Morgan fingerprint density at radius 3 is 2.75 bits per heavy atom. The molecule has 2 aromatic heterocycles. The van der Waals surface area contributed by atoms with Crippen LogP contribution in [0.3, 0.4) is 0 Å². The number of aromatic nitrogens is 3. The molecule has 0 saturated heterocycles. The molecule has 0 saturated carbocycles. The standard InChI is InChI=1S/C12H16N4/c1-4-12(2,3)11-15-9(13)8-6-5-7-14-10(8)16-11/h5-7H,4H2,1-3H3,(H2,13,14,15,16). The lowest BCUT2D eigenvalue weighted by Crippen LogP contribution is -2.20. The minimum absolute atomic E-state index is 0.0696. The van der Waals surface area contributed by atoms with E-state index in [0.717, 1.165) is 17.6 Å². The number of nitrogens with two attached hydrogens (primary N) is 1. The number of rotatable bonds is 2. The first-order chi connectivity index (χ1) is 7.54. The largest absolute Gasteiger partial charge is 0.383 e. The van der Waals surface area contributed by atoms with Crippen molar-refractivity contribution in [1.29, 1.82) is 0 Å². The Kier molecular flexibility index (Phi) is 2.50. The van der Waals surface area contributed by atoms with Gasteiger partial charge in [-0.2, -0.15) is 0 Å². The van der Waals surface area contributed by atoms with Gasteiger partial charge in [0, 0.05) is 11.6 Å². The van der Waals surface area contributed by atoms with Crippen LogP contribution >= 0.6 is 0 Å². The predicted molar refractivity (Wildman–Crippen MR) is 65.1 cm³/mol. The van der Waals surface area contributed by atoms with Crippen molar-refractivity contribution in [2.45, 2.75) is 32.6 Å². The van der Waals surface area contributed by atoms with Gasteiger partial charge in [-0.15, -0.1) is 0 Å². The van der Waals surface area contributed by atoms with Gasteiger partial charge in [0.15, 0.2) is 5.65 Å². The maximum Gasteiger partial charge on any atom is 0.164 e. The highest BCUT2D eigenvalue weighted by Gasteiger charge is 2.22. The van der Waals surface area contributed by atoms with Crippen LogP contribution in [0.25, 0.3) is 11.0 Å². The number of hydrogen-bond acceptors (Lipinski definition) is 4. The summed E-state index contributed by atoms with van der Waals surface area (Å²) in [6.07, 6.45) is 2.68. The van der Waals surface area contributed by atoms with E-state index in [-0.39, 0.29) is 5.41 Å². The fourth-order valence-corrected chi connectivity index (χ4v) is 1.45. The average Bonchev–Trinajstić information content (AvgIpc) is 2.29. The van der Waals surface area contributed by atoms with Gasteiger partial charge in [-0.05, 0) is 18.6 Å². The summed E-state index contributed by atoms with van der Waals surface area (Å²) in [5, 5.41) is 0.818. The molecule has 4 heteroatoms. The van der Waals surface area contributed by atoms with E-state index in [1.54, 1.807) is 6.20 Å². The fraction of sp³-hybridized carbons (Fsp3) is 0.417. The number of fused-ring (bicyclic) bond motifs is 1. The molecule has 2 N–H and O–H groups in total. The fourth-order valence-electron chi connectivity index (χ4n) is 1.45. The van der Waals surface area contributed by atoms with Crippen LogP contribution < -0.4 is 5.73 Å². The van der Waals surface area contributed by atoms with Gasteiger partial charge in [0.05, 0.1) is 5.39 Å². The second kappa shape index (κ2) is 3.70. The average molecular weight is 216 g/mol. The predicted octanol–water partition coefficient (Wildman–Crippen LogP) is 2.29. The van der Waals surface area contributed by atoms with Crippen LogP contribution in [0.2, 0.25) is 0 Å². The van der Waals surface area contributed by atoms with E-state index in [0.29, 0.717) is 11.5 Å². The number of nitrogens with zero attached hydrogens (tertiary/aromatic N) is 3. The van der Waals surface area contributed by atoms with E-state index < -0.39 is 0 Å². The zero-order chi connectivity index (χ0) is 11.8. The van der Waals surface area contributed by atoms with Crippen LogP contribution in [0.5, 0.6) is 0 Å². The Labute approximate surface area is 94.9 Å². The lowest BCUT2D eigenvalue weighted by Gasteiger charge is -2.21. The normalized spacial score (nSPS) is 11.9. The number of anilines is 1. The molecule has 0 aliphatic heterocycles. The molecule has 2 heterocycles. The van der Waals surface area contributed by atoms with E-state index in [9.17, 15) is 0 Å². The molecule has 4 nitrogen and oxygen atoms in total. The summed E-state index contributed by atoms with van der Waals surface area (Å²) in [5.41, 5.74) is 6.52. The summed E-state index contributed by atoms with van der Waals surface area (Å²) in [4.78, 5) is 13.1. The minimum Gasteiger partial charge on any atom is -0.383 e. The Morgan fingerprint density at radius 1 is 1.31 bits per heavy atom. The highest BCUT2D eigenvalue weighted by Crippen LogP contribution is 2.26. The summed E-state index contributed by atoms with van der Waals surface area (Å²) < 4.78 is 0. The first-order valence-electron chi connectivity index (χ1n) is 5.43. The third-order valence-electron chi connectivity index (χ3n) is 2.99. The Hall–Kier alpha value is -1.71. The van der Waals surface area contributed by atoms with Crippen LogP contribution in [0, 0.1) is 0 Å². The van der Waals surface area contributed by atoms with Crippen LogP contribution in [0.4, 0.5) is 5.82 Å². The minimum atomic E-state index is -0.0696. The summed E-state index contributed by atoms with van der Waals surface area (Å²) >= 11 is 0. The molecule has 0 amide bonds. The van der Waals surface area contributed by atoms with Crippen LogP contribution in [-0.4, -0.2) is 15.0 Å². The molecule has 16 heavy (non-hydrogen) atoms. The zero-order valence-corrected chi connectivity index (χ0v) is 9.86. The maximum absolute atomic E-state index is 5.92. The molecular weight excluding hydrogens is 200 g/mol. The van der Waals surface area contributed by atoms with E-state index in [1.807, 2.05) is 12.1 Å². The molecule has 0 aliphatic rings. The molecule has 0 aliphatic carbocycles. The molecule has 2 rings (SSSR count). The molecule has 0 radical (unpaired) electrons. The van der Waals surface area contributed by atoms with E-state index in [1.165, 1.54) is 0 Å². The topological polar surface area (TPSA) is 64.7 Å². The van der Waals surface area contributed by atoms with Gasteiger partial charge >= 0.3 is 0 Å². The van der Waals surface area contributed by atoms with Crippen molar-refractivity contribution in [1.82, 2.24) is 15.0 Å². The first-order valence-corrected chi connectivity index (χ1v) is 5.43. The van der Waals surface area contributed by atoms with Crippen molar-refractivity contribution in [3.8, 4) is 0 Å². The molecule has 84 valence electrons. The van der Waals surface area contributed by atoms with Crippen molar-refractivity contribution in [3.63, 3.8) is 0 Å². The molecule has 0 unspecified atom stereocenters. The van der Waals surface area contributed by atoms with Gasteiger partial charge in [-0.3, -0.25) is 0 Å².